The number of carbonyl (C=O) groups is 1. The standard InChI is InChI=1S/C25H28ClN3O4S/c1-3-32-21-15-18(5-7-20(21)33-13-10-29-8-11-31-12-9-29)16-27-28-25(30)24-23(26)19-6-4-17(2)14-22(19)34-24/h4-7,14-16H,3,8-13H2,1-2H3,(H,28,30). The average Bonchev–Trinajstić information content (AvgIpc) is 3.16. The van der Waals surface area contributed by atoms with Crippen LogP contribution in [0.1, 0.15) is 27.7 Å². The third kappa shape index (κ3) is 6.07. The SMILES string of the molecule is CCOc1cc(C=NNC(=O)c2sc3cc(C)ccc3c2Cl)ccc1OCCN1CCOCC1. The summed E-state index contributed by atoms with van der Waals surface area (Å²) < 4.78 is 18.1. The van der Waals surface area contributed by atoms with E-state index in [2.05, 4.69) is 15.4 Å². The Kier molecular flexibility index (Phi) is 8.39. The predicted octanol–water partition coefficient (Wildman–Crippen LogP) is 4.74. The third-order valence-corrected chi connectivity index (χ3v) is 7.06. The second kappa shape index (κ2) is 11.7. The molecule has 0 saturated carbocycles. The Bertz CT molecular complexity index is 1170. The number of rotatable bonds is 9. The van der Waals surface area contributed by atoms with Crippen LogP contribution in [-0.4, -0.2) is 63.1 Å². The number of amides is 1. The number of hydrogen-bond acceptors (Lipinski definition) is 7. The molecule has 0 radical (unpaired) electrons. The van der Waals surface area contributed by atoms with Gasteiger partial charge in [0.25, 0.3) is 5.91 Å². The monoisotopic (exact) mass is 501 g/mol. The highest BCUT2D eigenvalue weighted by Crippen LogP contribution is 2.35. The largest absolute Gasteiger partial charge is 0.490 e. The van der Waals surface area contributed by atoms with Gasteiger partial charge in [-0.2, -0.15) is 5.10 Å². The highest BCUT2D eigenvalue weighted by molar-refractivity contribution is 7.21. The molecule has 1 aliphatic rings. The first kappa shape index (κ1) is 24.5. The molecule has 2 heterocycles. The molecule has 1 amide bonds. The molecule has 34 heavy (non-hydrogen) atoms. The second-order valence-corrected chi connectivity index (χ2v) is 9.32. The molecule has 0 aliphatic carbocycles. The molecule has 4 rings (SSSR count). The molecule has 1 fully saturated rings. The van der Waals surface area contributed by atoms with E-state index in [1.807, 2.05) is 50.2 Å². The molecule has 0 spiro atoms. The normalized spacial score (nSPS) is 14.6. The van der Waals surface area contributed by atoms with E-state index < -0.39 is 0 Å². The Balaban J connectivity index is 1.37. The molecule has 7 nitrogen and oxygen atoms in total. The Morgan fingerprint density at radius 3 is 2.82 bits per heavy atom. The van der Waals surface area contributed by atoms with Crippen molar-refractivity contribution in [2.24, 2.45) is 5.10 Å². The molecule has 0 unspecified atom stereocenters. The summed E-state index contributed by atoms with van der Waals surface area (Å²) in [5.74, 6) is 0.986. The Morgan fingerprint density at radius 1 is 1.21 bits per heavy atom. The van der Waals surface area contributed by atoms with Crippen molar-refractivity contribution in [3.05, 3.63) is 57.4 Å². The fourth-order valence-electron chi connectivity index (χ4n) is 3.64. The lowest BCUT2D eigenvalue weighted by atomic mass is 10.2. The van der Waals surface area contributed by atoms with Crippen molar-refractivity contribution < 1.29 is 19.0 Å². The maximum absolute atomic E-state index is 12.6. The van der Waals surface area contributed by atoms with Crippen molar-refractivity contribution in [2.75, 3.05) is 46.1 Å². The molecule has 1 saturated heterocycles. The molecule has 1 N–H and O–H groups in total. The van der Waals surface area contributed by atoms with Crippen LogP contribution in [0, 0.1) is 6.92 Å². The van der Waals surface area contributed by atoms with E-state index >= 15 is 0 Å². The first-order valence-corrected chi connectivity index (χ1v) is 12.5. The van der Waals surface area contributed by atoms with E-state index in [0.717, 1.165) is 54.1 Å². The van der Waals surface area contributed by atoms with Crippen molar-refractivity contribution >= 4 is 45.1 Å². The van der Waals surface area contributed by atoms with Crippen LogP contribution >= 0.6 is 22.9 Å². The summed E-state index contributed by atoms with van der Waals surface area (Å²) >= 11 is 7.78. The van der Waals surface area contributed by atoms with Gasteiger partial charge in [-0.3, -0.25) is 9.69 Å². The van der Waals surface area contributed by atoms with Gasteiger partial charge in [0.1, 0.15) is 11.5 Å². The lowest BCUT2D eigenvalue weighted by Gasteiger charge is -2.26. The quantitative estimate of drug-likeness (QED) is 0.339. The van der Waals surface area contributed by atoms with Gasteiger partial charge >= 0.3 is 0 Å². The summed E-state index contributed by atoms with van der Waals surface area (Å²) in [6.07, 6.45) is 1.57. The van der Waals surface area contributed by atoms with Crippen LogP contribution in [-0.2, 0) is 4.74 Å². The van der Waals surface area contributed by atoms with Crippen LogP contribution in [0.4, 0.5) is 0 Å². The summed E-state index contributed by atoms with van der Waals surface area (Å²) in [4.78, 5) is 15.4. The van der Waals surface area contributed by atoms with Crippen LogP contribution in [0.3, 0.4) is 0 Å². The van der Waals surface area contributed by atoms with Crippen molar-refractivity contribution in [1.29, 1.82) is 0 Å². The van der Waals surface area contributed by atoms with Crippen molar-refractivity contribution in [3.63, 3.8) is 0 Å². The summed E-state index contributed by atoms with van der Waals surface area (Å²) in [6, 6.07) is 11.5. The Hall–Kier alpha value is -2.65. The van der Waals surface area contributed by atoms with Crippen LogP contribution in [0.15, 0.2) is 41.5 Å². The van der Waals surface area contributed by atoms with Crippen molar-refractivity contribution in [2.45, 2.75) is 13.8 Å². The maximum atomic E-state index is 12.6. The molecular formula is C25H28ClN3O4S. The second-order valence-electron chi connectivity index (χ2n) is 7.89. The fourth-order valence-corrected chi connectivity index (χ4v) is 5.14. The number of aryl methyl sites for hydroxylation is 1. The van der Waals surface area contributed by atoms with Gasteiger partial charge in [0.15, 0.2) is 11.5 Å². The number of hydrogen-bond donors (Lipinski definition) is 1. The molecule has 1 aromatic heterocycles. The van der Waals surface area contributed by atoms with Gasteiger partial charge in [0.05, 0.1) is 31.1 Å². The molecule has 2 aromatic carbocycles. The molecular weight excluding hydrogens is 474 g/mol. The number of nitrogens with zero attached hydrogens (tertiary/aromatic N) is 2. The van der Waals surface area contributed by atoms with E-state index in [-0.39, 0.29) is 5.91 Å². The number of thiophene rings is 1. The van der Waals surface area contributed by atoms with E-state index in [9.17, 15) is 4.79 Å². The molecule has 180 valence electrons. The number of carbonyl (C=O) groups excluding carboxylic acids is 1. The van der Waals surface area contributed by atoms with Crippen molar-refractivity contribution in [1.82, 2.24) is 10.3 Å². The van der Waals surface area contributed by atoms with Gasteiger partial charge in [-0.25, -0.2) is 5.43 Å². The highest BCUT2D eigenvalue weighted by Gasteiger charge is 2.17. The average molecular weight is 502 g/mol. The Morgan fingerprint density at radius 2 is 2.03 bits per heavy atom. The minimum atomic E-state index is -0.340. The lowest BCUT2D eigenvalue weighted by Crippen LogP contribution is -2.38. The van der Waals surface area contributed by atoms with Gasteiger partial charge in [0.2, 0.25) is 0 Å². The summed E-state index contributed by atoms with van der Waals surface area (Å²) in [6.45, 7) is 9.24. The number of ether oxygens (including phenoxy) is 3. The zero-order valence-corrected chi connectivity index (χ0v) is 20.9. The summed E-state index contributed by atoms with van der Waals surface area (Å²) in [5, 5.41) is 5.43. The molecule has 3 aromatic rings. The topological polar surface area (TPSA) is 72.4 Å². The Labute approximate surface area is 208 Å². The third-order valence-electron chi connectivity index (χ3n) is 5.41. The number of nitrogens with one attached hydrogen (secondary N) is 1. The zero-order valence-electron chi connectivity index (χ0n) is 19.3. The number of hydrazone groups is 1. The van der Waals surface area contributed by atoms with Crippen LogP contribution < -0.4 is 14.9 Å². The van der Waals surface area contributed by atoms with E-state index in [1.165, 1.54) is 11.3 Å². The number of halogens is 1. The van der Waals surface area contributed by atoms with Gasteiger partial charge in [-0.1, -0.05) is 23.7 Å². The van der Waals surface area contributed by atoms with Gasteiger partial charge in [-0.15, -0.1) is 11.3 Å². The van der Waals surface area contributed by atoms with E-state index in [1.54, 1.807) is 6.21 Å². The molecule has 9 heteroatoms. The van der Waals surface area contributed by atoms with E-state index in [0.29, 0.717) is 34.6 Å². The zero-order chi connectivity index (χ0) is 23.9. The summed E-state index contributed by atoms with van der Waals surface area (Å²) in [7, 11) is 0. The number of morpholine rings is 1. The van der Waals surface area contributed by atoms with Gasteiger partial charge < -0.3 is 14.2 Å². The first-order chi connectivity index (χ1) is 16.5. The first-order valence-electron chi connectivity index (χ1n) is 11.3. The highest BCUT2D eigenvalue weighted by atomic mass is 35.5. The van der Waals surface area contributed by atoms with Crippen LogP contribution in [0.2, 0.25) is 5.02 Å². The molecule has 1 aliphatic heterocycles. The van der Waals surface area contributed by atoms with Crippen LogP contribution in [0.5, 0.6) is 11.5 Å². The number of benzene rings is 2. The van der Waals surface area contributed by atoms with Gasteiger partial charge in [-0.05, 0) is 49.2 Å². The lowest BCUT2D eigenvalue weighted by molar-refractivity contribution is 0.0321. The van der Waals surface area contributed by atoms with Crippen LogP contribution in [0.25, 0.3) is 10.1 Å². The van der Waals surface area contributed by atoms with Gasteiger partial charge in [0, 0.05) is 29.7 Å². The molecule has 0 bridgehead atoms. The number of fused-ring (bicyclic) bond motifs is 1. The summed E-state index contributed by atoms with van der Waals surface area (Å²) in [5.41, 5.74) is 4.47. The predicted molar refractivity (Wildman–Crippen MR) is 137 cm³/mol. The smallest absolute Gasteiger partial charge is 0.283 e. The maximum Gasteiger partial charge on any atom is 0.283 e. The van der Waals surface area contributed by atoms with Crippen molar-refractivity contribution in [3.8, 4) is 11.5 Å². The fraction of sp³-hybridized carbons (Fsp3) is 0.360. The molecule has 0 atom stereocenters. The minimum Gasteiger partial charge on any atom is -0.490 e. The minimum absolute atomic E-state index is 0.340. The van der Waals surface area contributed by atoms with E-state index in [4.69, 9.17) is 25.8 Å².